The van der Waals surface area contributed by atoms with Gasteiger partial charge in [0.1, 0.15) is 18.1 Å². The van der Waals surface area contributed by atoms with E-state index in [0.29, 0.717) is 11.3 Å². The summed E-state index contributed by atoms with van der Waals surface area (Å²) in [6.45, 7) is 1.86. The molecule has 0 bridgehead atoms. The predicted molar refractivity (Wildman–Crippen MR) is 73.9 cm³/mol. The number of carbonyl (C=O) groups is 1. The molecule has 0 spiro atoms. The number of nitrogens with zero attached hydrogens (tertiary/aromatic N) is 2. The average Bonchev–Trinajstić information content (AvgIpc) is 2.45. The molecule has 0 fully saturated rings. The minimum absolute atomic E-state index is 0.146. The molecule has 2 amide bonds. The van der Waals surface area contributed by atoms with Crippen molar-refractivity contribution in [2.45, 2.75) is 19.6 Å². The fourth-order valence-corrected chi connectivity index (χ4v) is 1.80. The molecule has 1 atom stereocenters. The Labute approximate surface area is 121 Å². The summed E-state index contributed by atoms with van der Waals surface area (Å²) in [7, 11) is 0. The molecule has 1 aromatic carbocycles. The van der Waals surface area contributed by atoms with Crippen LogP contribution in [-0.2, 0) is 6.61 Å². The van der Waals surface area contributed by atoms with Gasteiger partial charge in [-0.25, -0.2) is 14.2 Å². The van der Waals surface area contributed by atoms with Gasteiger partial charge in [0.05, 0.1) is 6.04 Å². The highest BCUT2D eigenvalue weighted by atomic mass is 19.1. The monoisotopic (exact) mass is 290 g/mol. The molecule has 0 aliphatic carbocycles. The molecule has 3 N–H and O–H groups in total. The maximum atomic E-state index is 13.1. The van der Waals surface area contributed by atoms with Crippen molar-refractivity contribution in [3.05, 3.63) is 53.7 Å². The second-order valence-electron chi connectivity index (χ2n) is 4.40. The molecule has 0 saturated carbocycles. The Kier molecular flexibility index (Phi) is 4.65. The predicted octanol–water partition coefficient (Wildman–Crippen LogP) is 1.92. The molecule has 0 aliphatic heterocycles. The third-order valence-corrected chi connectivity index (χ3v) is 2.72. The summed E-state index contributed by atoms with van der Waals surface area (Å²) in [5.74, 6) is -0.0674. The van der Waals surface area contributed by atoms with Crippen molar-refractivity contribution < 1.29 is 13.9 Å². The van der Waals surface area contributed by atoms with Gasteiger partial charge in [0, 0.05) is 12.4 Å². The first kappa shape index (κ1) is 14.7. The topological polar surface area (TPSA) is 90.1 Å². The van der Waals surface area contributed by atoms with E-state index in [1.165, 1.54) is 24.5 Å². The summed E-state index contributed by atoms with van der Waals surface area (Å²) in [4.78, 5) is 19.1. The third kappa shape index (κ3) is 4.13. The number of ether oxygens (including phenoxy) is 1. The molecule has 1 aromatic heterocycles. The van der Waals surface area contributed by atoms with Gasteiger partial charge in [-0.2, -0.15) is 0 Å². The maximum absolute atomic E-state index is 13.1. The molecule has 2 aromatic rings. The van der Waals surface area contributed by atoms with Crippen LogP contribution < -0.4 is 15.8 Å². The van der Waals surface area contributed by atoms with Crippen molar-refractivity contribution >= 4 is 6.03 Å². The van der Waals surface area contributed by atoms with Crippen molar-refractivity contribution in [3.8, 4) is 5.88 Å². The Balaban J connectivity index is 2.11. The van der Waals surface area contributed by atoms with Crippen LogP contribution in [0.15, 0.2) is 36.7 Å². The van der Waals surface area contributed by atoms with Gasteiger partial charge in [-0.1, -0.05) is 12.1 Å². The Hall–Kier alpha value is -2.70. The van der Waals surface area contributed by atoms with Gasteiger partial charge < -0.3 is 15.8 Å². The van der Waals surface area contributed by atoms with Crippen LogP contribution in [0.2, 0.25) is 0 Å². The van der Waals surface area contributed by atoms with Crippen molar-refractivity contribution in [1.29, 1.82) is 0 Å². The second kappa shape index (κ2) is 6.65. The molecule has 110 valence electrons. The van der Waals surface area contributed by atoms with Crippen molar-refractivity contribution in [1.82, 2.24) is 15.3 Å². The van der Waals surface area contributed by atoms with E-state index in [0.717, 1.165) is 0 Å². The van der Waals surface area contributed by atoms with Crippen LogP contribution in [0.3, 0.4) is 0 Å². The van der Waals surface area contributed by atoms with Gasteiger partial charge in [-0.05, 0) is 24.6 Å². The summed E-state index contributed by atoms with van der Waals surface area (Å²) < 4.78 is 18.6. The van der Waals surface area contributed by atoms with Gasteiger partial charge in [0.15, 0.2) is 0 Å². The van der Waals surface area contributed by atoms with Crippen molar-refractivity contribution in [3.63, 3.8) is 0 Å². The molecular formula is C14H15FN4O2. The normalized spacial score (nSPS) is 11.7. The lowest BCUT2D eigenvalue weighted by Crippen LogP contribution is -2.32. The van der Waals surface area contributed by atoms with Gasteiger partial charge in [-0.3, -0.25) is 4.98 Å². The van der Waals surface area contributed by atoms with Crippen molar-refractivity contribution in [2.24, 2.45) is 5.73 Å². The number of aromatic nitrogens is 2. The van der Waals surface area contributed by atoms with Gasteiger partial charge >= 0.3 is 6.03 Å². The van der Waals surface area contributed by atoms with Crippen LogP contribution in [0.25, 0.3) is 0 Å². The zero-order valence-electron chi connectivity index (χ0n) is 11.4. The van der Waals surface area contributed by atoms with Crippen LogP contribution in [0.1, 0.15) is 24.2 Å². The third-order valence-electron chi connectivity index (χ3n) is 2.72. The Morgan fingerprint density at radius 2 is 2.19 bits per heavy atom. The van der Waals surface area contributed by atoms with E-state index in [4.69, 9.17) is 10.5 Å². The van der Waals surface area contributed by atoms with E-state index in [2.05, 4.69) is 15.3 Å². The van der Waals surface area contributed by atoms with E-state index in [1.807, 2.05) is 0 Å². The van der Waals surface area contributed by atoms with Crippen LogP contribution in [0, 0.1) is 5.82 Å². The highest BCUT2D eigenvalue weighted by Crippen LogP contribution is 2.20. The fraction of sp³-hybridized carbons (Fsp3) is 0.214. The average molecular weight is 290 g/mol. The van der Waals surface area contributed by atoms with E-state index in [-0.39, 0.29) is 18.3 Å². The largest absolute Gasteiger partial charge is 0.471 e. The number of hydrogen-bond acceptors (Lipinski definition) is 4. The van der Waals surface area contributed by atoms with Crippen LogP contribution in [0.5, 0.6) is 5.88 Å². The number of amides is 2. The highest BCUT2D eigenvalue weighted by molar-refractivity contribution is 5.72. The van der Waals surface area contributed by atoms with Crippen LogP contribution in [0.4, 0.5) is 9.18 Å². The van der Waals surface area contributed by atoms with E-state index >= 15 is 0 Å². The molecule has 1 heterocycles. The lowest BCUT2D eigenvalue weighted by atomic mass is 10.2. The number of rotatable bonds is 5. The minimum Gasteiger partial charge on any atom is -0.471 e. The molecular weight excluding hydrogens is 275 g/mol. The zero-order valence-corrected chi connectivity index (χ0v) is 11.4. The van der Waals surface area contributed by atoms with Crippen LogP contribution >= 0.6 is 0 Å². The molecule has 1 unspecified atom stereocenters. The second-order valence-corrected chi connectivity index (χ2v) is 4.40. The van der Waals surface area contributed by atoms with Crippen molar-refractivity contribution in [2.75, 3.05) is 0 Å². The van der Waals surface area contributed by atoms with Gasteiger partial charge in [0.25, 0.3) is 0 Å². The first-order valence-corrected chi connectivity index (χ1v) is 6.30. The number of hydrogen-bond donors (Lipinski definition) is 2. The van der Waals surface area contributed by atoms with E-state index < -0.39 is 12.1 Å². The van der Waals surface area contributed by atoms with Gasteiger partial charge in [0.2, 0.25) is 5.88 Å². The highest BCUT2D eigenvalue weighted by Gasteiger charge is 2.15. The molecule has 0 saturated heterocycles. The summed E-state index contributed by atoms with van der Waals surface area (Å²) in [6, 6.07) is 4.97. The SMILES string of the molecule is CC(NC(N)=O)c1nccnc1OCc1cccc(F)c1. The first-order chi connectivity index (χ1) is 10.1. The number of carbonyl (C=O) groups excluding carboxylic acids is 1. The molecule has 0 aliphatic rings. The minimum atomic E-state index is -0.663. The van der Waals surface area contributed by atoms with E-state index in [9.17, 15) is 9.18 Å². The molecule has 0 radical (unpaired) electrons. The smallest absolute Gasteiger partial charge is 0.312 e. The lowest BCUT2D eigenvalue weighted by molar-refractivity contribution is 0.244. The summed E-state index contributed by atoms with van der Waals surface area (Å²) in [6.07, 6.45) is 2.96. The van der Waals surface area contributed by atoms with Gasteiger partial charge in [-0.15, -0.1) is 0 Å². The Bertz CT molecular complexity index is 636. The number of urea groups is 1. The number of primary amides is 1. The van der Waals surface area contributed by atoms with Crippen LogP contribution in [-0.4, -0.2) is 16.0 Å². The maximum Gasteiger partial charge on any atom is 0.312 e. The summed E-state index contributed by atoms with van der Waals surface area (Å²) in [5, 5.41) is 2.50. The standard InChI is InChI=1S/C14H15FN4O2/c1-9(19-14(16)20)12-13(18-6-5-17-12)21-8-10-3-2-4-11(15)7-10/h2-7,9H,8H2,1H3,(H3,16,19,20). The zero-order chi connectivity index (χ0) is 15.2. The van der Waals surface area contributed by atoms with E-state index in [1.54, 1.807) is 19.1 Å². The fourth-order valence-electron chi connectivity index (χ4n) is 1.80. The summed E-state index contributed by atoms with van der Waals surface area (Å²) >= 11 is 0. The Morgan fingerprint density at radius 1 is 1.43 bits per heavy atom. The molecule has 7 heteroatoms. The Morgan fingerprint density at radius 3 is 2.90 bits per heavy atom. The summed E-state index contributed by atoms with van der Waals surface area (Å²) in [5.41, 5.74) is 6.20. The quantitative estimate of drug-likeness (QED) is 0.880. The molecule has 2 rings (SSSR count). The number of benzene rings is 1. The lowest BCUT2D eigenvalue weighted by Gasteiger charge is -2.15. The molecule has 6 nitrogen and oxygen atoms in total. The number of nitrogens with one attached hydrogen (secondary N) is 1. The molecule has 21 heavy (non-hydrogen) atoms. The number of nitrogens with two attached hydrogens (primary N) is 1. The number of halogens is 1. The first-order valence-electron chi connectivity index (χ1n) is 6.30.